The average molecular weight is 389 g/mol. The topological polar surface area (TPSA) is 79.6 Å². The quantitative estimate of drug-likeness (QED) is 0.615. The number of rotatable bonds is 7. The van der Waals surface area contributed by atoms with Crippen molar-refractivity contribution in [1.29, 1.82) is 5.26 Å². The minimum Gasteiger partial charge on any atom is -0.496 e. The third kappa shape index (κ3) is 3.27. The largest absolute Gasteiger partial charge is 0.496 e. The summed E-state index contributed by atoms with van der Waals surface area (Å²) in [6, 6.07) is 20.9. The summed E-state index contributed by atoms with van der Waals surface area (Å²) in [7, 11) is 3.05. The molecule has 5 nitrogen and oxygen atoms in total. The molecule has 2 unspecified atom stereocenters. The van der Waals surface area contributed by atoms with Gasteiger partial charge in [-0.2, -0.15) is 5.26 Å². The molecule has 3 aromatic rings. The zero-order valence-corrected chi connectivity index (χ0v) is 16.7. The Kier molecular flexibility index (Phi) is 5.74. The van der Waals surface area contributed by atoms with Gasteiger partial charge >= 0.3 is 5.97 Å². The molecule has 0 aromatic heterocycles. The molecule has 3 rings (SSSR count). The van der Waals surface area contributed by atoms with Gasteiger partial charge < -0.3 is 14.6 Å². The summed E-state index contributed by atoms with van der Waals surface area (Å²) in [5.74, 6) is -1.01. The van der Waals surface area contributed by atoms with E-state index in [-0.39, 0.29) is 6.42 Å². The third-order valence-electron chi connectivity index (χ3n) is 5.52. The number of carboxylic acid groups (broad SMARTS) is 1. The van der Waals surface area contributed by atoms with Crippen LogP contribution in [0.1, 0.15) is 30.4 Å². The lowest BCUT2D eigenvalue weighted by Gasteiger charge is -2.33. The van der Waals surface area contributed by atoms with E-state index >= 15 is 0 Å². The minimum absolute atomic E-state index is 0.119. The first-order valence-corrected chi connectivity index (χ1v) is 9.37. The van der Waals surface area contributed by atoms with Crippen LogP contribution in [-0.4, -0.2) is 25.3 Å². The van der Waals surface area contributed by atoms with E-state index in [2.05, 4.69) is 6.07 Å². The van der Waals surface area contributed by atoms with Gasteiger partial charge in [-0.25, -0.2) is 0 Å². The summed E-state index contributed by atoms with van der Waals surface area (Å²) in [5, 5.41) is 22.2. The van der Waals surface area contributed by atoms with Crippen molar-refractivity contribution in [2.45, 2.75) is 19.3 Å². The van der Waals surface area contributed by atoms with Crippen molar-refractivity contribution in [1.82, 2.24) is 0 Å². The zero-order chi connectivity index (χ0) is 21.0. The highest BCUT2D eigenvalue weighted by atomic mass is 16.5. The Morgan fingerprint density at radius 1 is 1.03 bits per heavy atom. The summed E-state index contributed by atoms with van der Waals surface area (Å²) < 4.78 is 11.2. The van der Waals surface area contributed by atoms with Crippen molar-refractivity contribution < 1.29 is 19.4 Å². The van der Waals surface area contributed by atoms with Crippen LogP contribution >= 0.6 is 0 Å². The fourth-order valence-corrected chi connectivity index (χ4v) is 4.00. The second-order valence-electron chi connectivity index (χ2n) is 6.82. The smallest absolute Gasteiger partial charge is 0.325 e. The summed E-state index contributed by atoms with van der Waals surface area (Å²) in [4.78, 5) is 12.5. The van der Waals surface area contributed by atoms with E-state index in [0.29, 0.717) is 17.1 Å². The molecular weight excluding hydrogens is 366 g/mol. The maximum Gasteiger partial charge on any atom is 0.325 e. The molecule has 0 bridgehead atoms. The highest BCUT2D eigenvalue weighted by Gasteiger charge is 2.49. The number of fused-ring (bicyclic) bond motifs is 1. The highest BCUT2D eigenvalue weighted by Crippen LogP contribution is 2.51. The van der Waals surface area contributed by atoms with Gasteiger partial charge in [0.2, 0.25) is 0 Å². The lowest BCUT2D eigenvalue weighted by atomic mass is 9.66. The van der Waals surface area contributed by atoms with Gasteiger partial charge in [0.1, 0.15) is 11.5 Å². The molecule has 0 radical (unpaired) electrons. The van der Waals surface area contributed by atoms with Gasteiger partial charge in [0.15, 0.2) is 5.41 Å². The zero-order valence-electron chi connectivity index (χ0n) is 16.7. The Morgan fingerprint density at radius 3 is 2.17 bits per heavy atom. The number of benzene rings is 3. The first-order valence-electron chi connectivity index (χ1n) is 9.37. The van der Waals surface area contributed by atoms with Gasteiger partial charge in [-0.1, -0.05) is 55.5 Å². The SMILES string of the molecule is CCC(C#N)(C(=O)O)C(c1c(OC)cccc1OC)c1cccc2ccccc12. The molecule has 0 aliphatic rings. The number of carboxylic acids is 1. The first-order chi connectivity index (χ1) is 14.0. The van der Waals surface area contributed by atoms with Gasteiger partial charge in [-0.3, -0.25) is 4.79 Å². The van der Waals surface area contributed by atoms with Crippen LogP contribution in [0.2, 0.25) is 0 Å². The van der Waals surface area contributed by atoms with E-state index in [1.807, 2.05) is 42.5 Å². The maximum absolute atomic E-state index is 12.5. The Labute approximate surface area is 170 Å². The van der Waals surface area contributed by atoms with Crippen LogP contribution < -0.4 is 9.47 Å². The van der Waals surface area contributed by atoms with Crippen LogP contribution in [0.3, 0.4) is 0 Å². The van der Waals surface area contributed by atoms with Crippen molar-refractivity contribution in [2.75, 3.05) is 14.2 Å². The summed E-state index contributed by atoms with van der Waals surface area (Å²) >= 11 is 0. The molecule has 0 saturated heterocycles. The number of hydrogen-bond donors (Lipinski definition) is 1. The van der Waals surface area contributed by atoms with Gasteiger partial charge in [0.25, 0.3) is 0 Å². The number of methoxy groups -OCH3 is 2. The molecule has 0 saturated carbocycles. The normalized spacial score (nSPS) is 13.9. The van der Waals surface area contributed by atoms with Crippen LogP contribution in [0.15, 0.2) is 60.7 Å². The maximum atomic E-state index is 12.5. The van der Waals surface area contributed by atoms with Gasteiger partial charge in [-0.05, 0) is 34.9 Å². The number of ether oxygens (including phenoxy) is 2. The van der Waals surface area contributed by atoms with Gasteiger partial charge in [-0.15, -0.1) is 0 Å². The molecule has 1 N–H and O–H groups in total. The van der Waals surface area contributed by atoms with Crippen LogP contribution in [0.4, 0.5) is 0 Å². The molecule has 148 valence electrons. The van der Waals surface area contributed by atoms with Gasteiger partial charge in [0, 0.05) is 11.5 Å². The van der Waals surface area contributed by atoms with Crippen LogP contribution in [0, 0.1) is 16.7 Å². The Hall–Kier alpha value is -3.52. The Balaban J connectivity index is 2.48. The summed E-state index contributed by atoms with van der Waals surface area (Å²) in [5.41, 5.74) is -0.400. The molecule has 0 heterocycles. The molecule has 0 aliphatic heterocycles. The van der Waals surface area contributed by atoms with E-state index in [1.54, 1.807) is 25.1 Å². The predicted molar refractivity (Wildman–Crippen MR) is 111 cm³/mol. The molecular formula is C24H23NO4. The Bertz CT molecular complexity index is 1060. The minimum atomic E-state index is -1.70. The van der Waals surface area contributed by atoms with E-state index in [4.69, 9.17) is 9.47 Å². The van der Waals surface area contributed by atoms with Crippen molar-refractivity contribution >= 4 is 16.7 Å². The summed E-state index contributed by atoms with van der Waals surface area (Å²) in [6.45, 7) is 1.72. The van der Waals surface area contributed by atoms with E-state index in [9.17, 15) is 15.2 Å². The van der Waals surface area contributed by atoms with Crippen molar-refractivity contribution in [3.05, 3.63) is 71.8 Å². The van der Waals surface area contributed by atoms with E-state index in [1.165, 1.54) is 14.2 Å². The molecule has 5 heteroatoms. The van der Waals surface area contributed by atoms with Crippen LogP contribution in [0.25, 0.3) is 10.8 Å². The Morgan fingerprint density at radius 2 is 1.62 bits per heavy atom. The second kappa shape index (κ2) is 8.24. The van der Waals surface area contributed by atoms with E-state index < -0.39 is 17.3 Å². The van der Waals surface area contributed by atoms with Crippen molar-refractivity contribution in [3.63, 3.8) is 0 Å². The standard InChI is InChI=1S/C24H23NO4/c1-4-24(15-25,23(26)27)22(21-19(28-2)13-8-14-20(21)29-3)18-12-7-10-16-9-5-6-11-17(16)18/h5-14,22H,4H2,1-3H3,(H,26,27). The number of hydrogen-bond acceptors (Lipinski definition) is 4. The van der Waals surface area contributed by atoms with Crippen molar-refractivity contribution in [3.8, 4) is 17.6 Å². The number of carbonyl (C=O) groups is 1. The number of nitrogens with zero attached hydrogens (tertiary/aromatic N) is 1. The van der Waals surface area contributed by atoms with Gasteiger partial charge in [0.05, 0.1) is 20.3 Å². The molecule has 3 aromatic carbocycles. The molecule has 0 spiro atoms. The molecule has 2 atom stereocenters. The van der Waals surface area contributed by atoms with Crippen LogP contribution in [0.5, 0.6) is 11.5 Å². The number of aliphatic carboxylic acids is 1. The number of nitriles is 1. The molecule has 0 amide bonds. The monoisotopic (exact) mass is 389 g/mol. The fraction of sp³-hybridized carbons (Fsp3) is 0.250. The van der Waals surface area contributed by atoms with E-state index in [0.717, 1.165) is 16.3 Å². The molecule has 29 heavy (non-hydrogen) atoms. The third-order valence-corrected chi connectivity index (χ3v) is 5.52. The fourth-order valence-electron chi connectivity index (χ4n) is 4.00. The second-order valence-corrected chi connectivity index (χ2v) is 6.82. The predicted octanol–water partition coefficient (Wildman–Crippen LogP) is 4.99. The molecule has 0 aliphatic carbocycles. The van der Waals surface area contributed by atoms with Crippen molar-refractivity contribution in [2.24, 2.45) is 5.41 Å². The average Bonchev–Trinajstić information content (AvgIpc) is 2.76. The highest BCUT2D eigenvalue weighted by molar-refractivity contribution is 5.89. The van der Waals surface area contributed by atoms with Crippen LogP contribution in [-0.2, 0) is 4.79 Å². The molecule has 0 fully saturated rings. The lowest BCUT2D eigenvalue weighted by molar-refractivity contribution is -0.146. The summed E-state index contributed by atoms with van der Waals surface area (Å²) in [6.07, 6.45) is 0.119. The lowest BCUT2D eigenvalue weighted by Crippen LogP contribution is -2.36. The first kappa shape index (κ1) is 20.2.